The molecule has 0 atom stereocenters. The molecule has 0 aromatic heterocycles. The minimum atomic E-state index is -0.625. The largest absolute Gasteiger partial charge is 0.348 e. The van der Waals surface area contributed by atoms with Gasteiger partial charge in [-0.25, -0.2) is 0 Å². The van der Waals surface area contributed by atoms with Crippen LogP contribution >= 0.6 is 0 Å². The number of rotatable bonds is 3. The maximum atomic E-state index is 11.6. The van der Waals surface area contributed by atoms with Crippen molar-refractivity contribution in [2.75, 3.05) is 11.9 Å². The average molecular weight is 234 g/mol. The molecule has 0 aliphatic heterocycles. The van der Waals surface area contributed by atoms with Crippen LogP contribution in [0.15, 0.2) is 24.3 Å². The molecule has 2 amide bonds. The first-order valence-electron chi connectivity index (χ1n) is 5.65. The molecular formula is C13H18N2O2. The lowest BCUT2D eigenvalue weighted by molar-refractivity contribution is -0.136. The van der Waals surface area contributed by atoms with Crippen molar-refractivity contribution in [1.82, 2.24) is 5.32 Å². The van der Waals surface area contributed by atoms with Crippen LogP contribution in [0, 0.1) is 12.8 Å². The molecule has 1 rings (SSSR count). The summed E-state index contributed by atoms with van der Waals surface area (Å²) in [5.74, 6) is -0.896. The number of aryl methyl sites for hydroxylation is 1. The van der Waals surface area contributed by atoms with E-state index in [4.69, 9.17) is 0 Å². The van der Waals surface area contributed by atoms with E-state index in [0.717, 1.165) is 5.56 Å². The van der Waals surface area contributed by atoms with Crippen LogP contribution in [0.4, 0.5) is 5.69 Å². The Morgan fingerprint density at radius 1 is 1.18 bits per heavy atom. The molecule has 0 radical (unpaired) electrons. The van der Waals surface area contributed by atoms with Gasteiger partial charge in [0.05, 0.1) is 0 Å². The van der Waals surface area contributed by atoms with Crippen LogP contribution in [0.5, 0.6) is 0 Å². The van der Waals surface area contributed by atoms with E-state index in [9.17, 15) is 9.59 Å². The Hall–Kier alpha value is -1.84. The third-order valence-corrected chi connectivity index (χ3v) is 2.27. The Labute approximate surface area is 101 Å². The molecule has 17 heavy (non-hydrogen) atoms. The Bertz CT molecular complexity index is 414. The predicted molar refractivity (Wildman–Crippen MR) is 67.7 cm³/mol. The van der Waals surface area contributed by atoms with Gasteiger partial charge in [-0.1, -0.05) is 32.0 Å². The van der Waals surface area contributed by atoms with Crippen molar-refractivity contribution in [3.05, 3.63) is 29.8 Å². The topological polar surface area (TPSA) is 58.2 Å². The van der Waals surface area contributed by atoms with Crippen LogP contribution in [-0.2, 0) is 9.59 Å². The minimum Gasteiger partial charge on any atom is -0.348 e. The molecule has 0 aliphatic carbocycles. The monoisotopic (exact) mass is 234 g/mol. The van der Waals surface area contributed by atoms with Crippen LogP contribution in [0.2, 0.25) is 0 Å². The van der Waals surface area contributed by atoms with Crippen molar-refractivity contribution in [3.63, 3.8) is 0 Å². The minimum absolute atomic E-state index is 0.324. The lowest BCUT2D eigenvalue weighted by Gasteiger charge is -2.09. The normalized spacial score (nSPS) is 10.1. The number of carbonyl (C=O) groups excluding carboxylic acids is 2. The fourth-order valence-corrected chi connectivity index (χ4v) is 1.27. The third kappa shape index (κ3) is 4.26. The van der Waals surface area contributed by atoms with Crippen molar-refractivity contribution in [3.8, 4) is 0 Å². The number of anilines is 1. The Kier molecular flexibility index (Phi) is 4.69. The number of benzene rings is 1. The van der Waals surface area contributed by atoms with Gasteiger partial charge in [-0.15, -0.1) is 0 Å². The van der Waals surface area contributed by atoms with E-state index in [1.54, 1.807) is 6.07 Å². The van der Waals surface area contributed by atoms with E-state index < -0.39 is 11.8 Å². The lowest BCUT2D eigenvalue weighted by atomic mass is 10.2. The maximum Gasteiger partial charge on any atom is 0.313 e. The fourth-order valence-electron chi connectivity index (χ4n) is 1.27. The first kappa shape index (κ1) is 13.2. The second-order valence-corrected chi connectivity index (χ2v) is 4.37. The van der Waals surface area contributed by atoms with Crippen LogP contribution in [0.25, 0.3) is 0 Å². The Balaban J connectivity index is 2.55. The number of para-hydroxylation sites is 1. The molecule has 0 bridgehead atoms. The smallest absolute Gasteiger partial charge is 0.313 e. The number of hydrogen-bond acceptors (Lipinski definition) is 2. The van der Waals surface area contributed by atoms with Gasteiger partial charge in [0.15, 0.2) is 0 Å². The van der Waals surface area contributed by atoms with E-state index in [2.05, 4.69) is 10.6 Å². The molecule has 0 heterocycles. The molecule has 92 valence electrons. The van der Waals surface area contributed by atoms with Crippen molar-refractivity contribution < 1.29 is 9.59 Å². The summed E-state index contributed by atoms with van der Waals surface area (Å²) in [7, 11) is 0. The molecule has 2 N–H and O–H groups in total. The quantitative estimate of drug-likeness (QED) is 0.782. The highest BCUT2D eigenvalue weighted by molar-refractivity contribution is 6.39. The molecule has 1 aromatic carbocycles. The highest BCUT2D eigenvalue weighted by atomic mass is 16.2. The summed E-state index contributed by atoms with van der Waals surface area (Å²) in [6, 6.07) is 7.34. The van der Waals surface area contributed by atoms with Crippen LogP contribution < -0.4 is 10.6 Å². The van der Waals surface area contributed by atoms with Crippen LogP contribution in [0.1, 0.15) is 19.4 Å². The maximum absolute atomic E-state index is 11.6. The number of carbonyl (C=O) groups is 2. The zero-order valence-electron chi connectivity index (χ0n) is 10.4. The van der Waals surface area contributed by atoms with E-state index >= 15 is 0 Å². The van der Waals surface area contributed by atoms with Gasteiger partial charge in [0, 0.05) is 12.2 Å². The van der Waals surface area contributed by atoms with E-state index in [1.807, 2.05) is 39.0 Å². The van der Waals surface area contributed by atoms with Gasteiger partial charge in [0.2, 0.25) is 0 Å². The summed E-state index contributed by atoms with van der Waals surface area (Å²) in [6.07, 6.45) is 0. The summed E-state index contributed by atoms with van der Waals surface area (Å²) in [5, 5.41) is 5.15. The standard InChI is InChI=1S/C13H18N2O2/c1-9(2)8-14-12(16)13(17)15-11-7-5-4-6-10(11)3/h4-7,9H,8H2,1-3H3,(H,14,16)(H,15,17). The van der Waals surface area contributed by atoms with Gasteiger partial charge in [-0.05, 0) is 24.5 Å². The van der Waals surface area contributed by atoms with Crippen molar-refractivity contribution >= 4 is 17.5 Å². The Morgan fingerprint density at radius 2 is 1.82 bits per heavy atom. The molecule has 0 aliphatic rings. The van der Waals surface area contributed by atoms with Crippen molar-refractivity contribution in [2.24, 2.45) is 5.92 Å². The molecule has 0 fully saturated rings. The van der Waals surface area contributed by atoms with E-state index in [-0.39, 0.29) is 0 Å². The first-order chi connectivity index (χ1) is 8.00. The zero-order valence-corrected chi connectivity index (χ0v) is 10.4. The fraction of sp³-hybridized carbons (Fsp3) is 0.385. The highest BCUT2D eigenvalue weighted by Crippen LogP contribution is 2.12. The molecule has 0 saturated heterocycles. The number of amides is 2. The summed E-state index contributed by atoms with van der Waals surface area (Å²) >= 11 is 0. The number of hydrogen-bond donors (Lipinski definition) is 2. The van der Waals surface area contributed by atoms with Gasteiger partial charge < -0.3 is 10.6 Å². The van der Waals surface area contributed by atoms with E-state index in [0.29, 0.717) is 18.2 Å². The van der Waals surface area contributed by atoms with Gasteiger partial charge in [0.1, 0.15) is 0 Å². The highest BCUT2D eigenvalue weighted by Gasteiger charge is 2.14. The molecule has 4 nitrogen and oxygen atoms in total. The van der Waals surface area contributed by atoms with Crippen LogP contribution in [-0.4, -0.2) is 18.4 Å². The van der Waals surface area contributed by atoms with Crippen molar-refractivity contribution in [2.45, 2.75) is 20.8 Å². The first-order valence-corrected chi connectivity index (χ1v) is 5.65. The molecule has 4 heteroatoms. The third-order valence-electron chi connectivity index (χ3n) is 2.27. The van der Waals surface area contributed by atoms with Gasteiger partial charge in [-0.3, -0.25) is 9.59 Å². The molecule has 1 aromatic rings. The van der Waals surface area contributed by atoms with E-state index in [1.165, 1.54) is 0 Å². The van der Waals surface area contributed by atoms with Crippen molar-refractivity contribution in [1.29, 1.82) is 0 Å². The van der Waals surface area contributed by atoms with Gasteiger partial charge in [0.25, 0.3) is 0 Å². The summed E-state index contributed by atoms with van der Waals surface area (Å²) in [6.45, 7) is 6.32. The average Bonchev–Trinajstić information content (AvgIpc) is 2.28. The second-order valence-electron chi connectivity index (χ2n) is 4.37. The SMILES string of the molecule is Cc1ccccc1NC(=O)C(=O)NCC(C)C. The second kappa shape index (κ2) is 6.03. The molecule has 0 saturated carbocycles. The summed E-state index contributed by atoms with van der Waals surface area (Å²) in [4.78, 5) is 23.0. The molecule has 0 unspecified atom stereocenters. The molecular weight excluding hydrogens is 216 g/mol. The molecule has 0 spiro atoms. The lowest BCUT2D eigenvalue weighted by Crippen LogP contribution is -2.37. The summed E-state index contributed by atoms with van der Waals surface area (Å²) < 4.78 is 0. The summed E-state index contributed by atoms with van der Waals surface area (Å²) in [5.41, 5.74) is 1.59. The Morgan fingerprint density at radius 3 is 2.41 bits per heavy atom. The van der Waals surface area contributed by atoms with Gasteiger partial charge >= 0.3 is 11.8 Å². The predicted octanol–water partition coefficient (Wildman–Crippen LogP) is 1.71. The zero-order chi connectivity index (χ0) is 12.8. The van der Waals surface area contributed by atoms with Gasteiger partial charge in [-0.2, -0.15) is 0 Å². The number of nitrogens with one attached hydrogen (secondary N) is 2. The van der Waals surface area contributed by atoms with Crippen LogP contribution in [0.3, 0.4) is 0 Å².